The van der Waals surface area contributed by atoms with Gasteiger partial charge in [-0.15, -0.1) is 0 Å². The molecule has 2 saturated carbocycles. The van der Waals surface area contributed by atoms with E-state index in [4.69, 9.17) is 20.2 Å². The minimum absolute atomic E-state index is 0.00557. The van der Waals surface area contributed by atoms with Crippen LogP contribution in [0.1, 0.15) is 282 Å². The second-order valence-electron chi connectivity index (χ2n) is 44.0. The number of carbonyl (C=O) groups excluding carboxylic acids is 2. The van der Waals surface area contributed by atoms with E-state index in [2.05, 4.69) is 225 Å². The van der Waals surface area contributed by atoms with Gasteiger partial charge in [0.1, 0.15) is 36.4 Å². The number of hydrazone groups is 2. The van der Waals surface area contributed by atoms with Crippen LogP contribution in [0.25, 0.3) is 0 Å². The number of dihydropyridines is 2. The van der Waals surface area contributed by atoms with Crippen molar-refractivity contribution in [3.05, 3.63) is 452 Å². The first-order chi connectivity index (χ1) is 73.3. The Kier molecular flexibility index (Phi) is 29.2. The predicted octanol–water partition coefficient (Wildman–Crippen LogP) is 23.2. The summed E-state index contributed by atoms with van der Waals surface area (Å²) in [5.74, 6) is 1.12. The van der Waals surface area contributed by atoms with Crippen molar-refractivity contribution in [2.75, 3.05) is 40.3 Å². The molecule has 27 rings (SSSR count). The maximum absolute atomic E-state index is 13.7. The number of H-pyrrole nitrogens is 1. The number of aliphatic imine (C=N–C) groups is 2. The molecule has 0 radical (unpaired) electrons. The van der Waals surface area contributed by atoms with Crippen LogP contribution in [0, 0.1) is 35.1 Å². The number of hydrogen-bond donors (Lipinski definition) is 8. The van der Waals surface area contributed by atoms with Gasteiger partial charge in [0.05, 0.1) is 35.1 Å². The SMILES string of the molecule is C=C1NN=C2C3=C1CCCC3CC(c1ccc(F)cc1)C2c1ccc(F)cc1.C=C1NN=C2C3=C1CCCC3NC(c1ccc(CO)cc1)C2c1ccccc1.CN(C)Cc1ccc(C2NC3CCCc4c3c(n[nH]c4=O)C2c2ccc(F)cc2)cc1.O=C1CN=C2C3=C1CCCC3NC(c1ccc(CN3CCC3)cc1)C2c1ccc(F)cc1.O=C1CN=C2C3=C1CCCC3NC(c1ccccc1)C2c1cccc(CCC2CC2)c1. The van der Waals surface area contributed by atoms with E-state index in [-0.39, 0.29) is 131 Å². The molecular formula is C128H132F4N14O4. The Morgan fingerprint density at radius 2 is 0.807 bits per heavy atom. The molecule has 16 aliphatic rings. The fraction of sp³-hybridized carbons (Fsp3) is 0.359. The molecule has 15 atom stereocenters. The number of Topliss-reactive ketones (excluding diaryl/α,β-unsaturated/α-hetero) is 2. The molecule has 0 amide bonds. The molecule has 150 heavy (non-hydrogen) atoms. The first-order valence-corrected chi connectivity index (χ1v) is 54.6. The number of aliphatic hydroxyl groups is 1. The van der Waals surface area contributed by atoms with E-state index in [0.29, 0.717) is 18.5 Å². The first kappa shape index (κ1) is 99.8. The number of likely N-dealkylation sites (tertiary alicyclic amines) is 1. The number of hydrogen-bond acceptors (Lipinski definition) is 17. The Morgan fingerprint density at radius 1 is 0.393 bits per heavy atom. The van der Waals surface area contributed by atoms with Crippen molar-refractivity contribution >= 4 is 34.4 Å². The molecule has 0 bridgehead atoms. The molecule has 0 spiro atoms. The van der Waals surface area contributed by atoms with Gasteiger partial charge in [-0.05, 0) is 327 Å². The molecule has 22 heteroatoms. The number of benzene rings is 10. The fourth-order valence-corrected chi connectivity index (χ4v) is 26.9. The highest BCUT2D eigenvalue weighted by molar-refractivity contribution is 6.18. The van der Waals surface area contributed by atoms with Crippen LogP contribution in [-0.4, -0.2) is 118 Å². The number of aryl methyl sites for hydroxylation is 1. The number of halogens is 4. The third-order valence-electron chi connectivity index (χ3n) is 34.3. The second-order valence-corrected chi connectivity index (χ2v) is 44.0. The summed E-state index contributed by atoms with van der Waals surface area (Å²) in [5, 5.41) is 41.8. The zero-order valence-corrected chi connectivity index (χ0v) is 85.5. The summed E-state index contributed by atoms with van der Waals surface area (Å²) < 4.78 is 54.5. The van der Waals surface area contributed by atoms with E-state index in [9.17, 15) is 37.1 Å². The minimum atomic E-state index is -0.258. The van der Waals surface area contributed by atoms with Gasteiger partial charge < -0.3 is 31.3 Å². The van der Waals surface area contributed by atoms with Gasteiger partial charge in [0.25, 0.3) is 5.56 Å². The van der Waals surface area contributed by atoms with Crippen molar-refractivity contribution < 1.29 is 32.3 Å². The lowest BCUT2D eigenvalue weighted by molar-refractivity contribution is -0.115. The van der Waals surface area contributed by atoms with Gasteiger partial charge in [-0.3, -0.25) is 40.1 Å². The summed E-state index contributed by atoms with van der Waals surface area (Å²) >= 11 is 0. The number of nitrogens with zero attached hydrogens (tertiary/aromatic N) is 7. The van der Waals surface area contributed by atoms with Gasteiger partial charge in [0.15, 0.2) is 11.6 Å². The summed E-state index contributed by atoms with van der Waals surface area (Å²) in [4.78, 5) is 52.1. The lowest BCUT2D eigenvalue weighted by Crippen LogP contribution is -2.51. The number of aromatic amines is 1. The second kappa shape index (κ2) is 43.9. The van der Waals surface area contributed by atoms with E-state index < -0.39 is 0 Å². The third-order valence-corrected chi connectivity index (χ3v) is 34.3. The molecule has 18 nitrogen and oxygen atoms in total. The third kappa shape index (κ3) is 20.6. The molecule has 766 valence electrons. The fourth-order valence-electron chi connectivity index (χ4n) is 26.9. The van der Waals surface area contributed by atoms with Crippen LogP contribution < -0.4 is 37.7 Å². The average Bonchev–Trinajstić information content (AvgIpc) is 1.03. The Hall–Kier alpha value is -13.4. The number of aromatic nitrogens is 2. The number of nitrogens with one attached hydrogen (secondary N) is 7. The van der Waals surface area contributed by atoms with E-state index in [1.807, 2.05) is 60.7 Å². The standard InChI is InChI=1S/C28H30N2O.C27H28FN3O.C25H27FN4O.C24H22F2N2.C24H25N3O/c31-24-17-29-28-25(21-9-4-6-19(16-21)15-14-18-12-13-18)27(20-7-2-1-3-8-20)30-23-11-5-10-22(24)26(23)28;28-20-11-9-18(10-12-20)24-26(19-7-5-17(6-8-19)16-31-13-2-14-31)30-22-4-1-3-21-23(32)15-29-27(24)25(21)22;1-30(2)14-15-6-8-17(9-7-15)23-21(16-10-12-18(26)13-11-16)24-22-19(25(31)29-28-24)4-3-5-20(22)27-23;1-14-20-4-2-3-17-13-21(15-5-9-18(25)10-6-15)22(24(23(17)20)28-27-14)16-7-11-19(26)12-8-16;1-15-19-8-5-9-20-22(19)24(27-26-15)21(17-6-3-2-4-7-17)23(25-20)18-12-10-16(14-28)11-13-18/h1-4,6-9,16,18,23,25,27,30H,5,10-15,17H2;5-12,22,24,26,30H,1-4,13-16H2;6-13,20-21,23,27H,3-5,14H2,1-2H3,(H,29,31);5-12,17,21-22,27H,1-4,13H2;2-4,6-7,10-13,20-21,23,25-26,28H,1,5,8-9,14H2. The number of piperidine rings is 3. The minimum Gasteiger partial charge on any atom is -0.392 e. The number of rotatable bonds is 18. The maximum atomic E-state index is 13.7. The smallest absolute Gasteiger partial charge is 0.267 e. The van der Waals surface area contributed by atoms with Crippen molar-refractivity contribution in [2.45, 2.75) is 238 Å². The van der Waals surface area contributed by atoms with E-state index >= 15 is 0 Å². The Labute approximate surface area is 876 Å². The van der Waals surface area contributed by atoms with E-state index in [1.54, 1.807) is 0 Å². The molecule has 8 N–H and O–H groups in total. The van der Waals surface area contributed by atoms with Crippen LogP contribution in [0.2, 0.25) is 0 Å². The largest absolute Gasteiger partial charge is 0.392 e. The quantitative estimate of drug-likeness (QED) is 0.0375. The van der Waals surface area contributed by atoms with Gasteiger partial charge >= 0.3 is 0 Å². The molecule has 11 aromatic rings. The number of allylic oxidation sites excluding steroid dienone is 3. The van der Waals surface area contributed by atoms with E-state index in [1.165, 1.54) is 171 Å². The molecular weight excluding hydrogens is 1870 g/mol. The first-order valence-electron chi connectivity index (χ1n) is 54.6. The Bertz CT molecular complexity index is 7250. The summed E-state index contributed by atoms with van der Waals surface area (Å²) in [5.41, 5.74) is 41.6. The van der Waals surface area contributed by atoms with Crippen LogP contribution in [0.5, 0.6) is 0 Å². The van der Waals surface area contributed by atoms with Gasteiger partial charge in [-0.2, -0.15) is 15.3 Å². The normalized spacial score (nSPS) is 26.1. The summed E-state index contributed by atoms with van der Waals surface area (Å²) in [6.45, 7) is 13.2. The van der Waals surface area contributed by atoms with Crippen molar-refractivity contribution in [1.82, 2.24) is 52.1 Å². The van der Waals surface area contributed by atoms with Crippen LogP contribution in [-0.2, 0) is 42.1 Å². The Morgan fingerprint density at radius 3 is 1.33 bits per heavy atom. The predicted molar refractivity (Wildman–Crippen MR) is 585 cm³/mol. The van der Waals surface area contributed by atoms with Gasteiger partial charge in [0, 0.05) is 125 Å². The summed E-state index contributed by atoms with van der Waals surface area (Å²) in [6.07, 6.45) is 22.9. The highest BCUT2D eigenvalue weighted by Gasteiger charge is 2.51. The molecule has 10 aromatic carbocycles. The number of carbonyl (C=O) groups is 2. The van der Waals surface area contributed by atoms with Crippen molar-refractivity contribution in [3.8, 4) is 0 Å². The summed E-state index contributed by atoms with van der Waals surface area (Å²) in [7, 11) is 4.12. The average molecular weight is 2010 g/mol. The van der Waals surface area contributed by atoms with Gasteiger partial charge in [0.2, 0.25) is 0 Å². The highest BCUT2D eigenvalue weighted by atomic mass is 19.1. The number of aliphatic hydroxyl groups excluding tert-OH is 1. The lowest BCUT2D eigenvalue weighted by Gasteiger charge is -2.45. The monoisotopic (exact) mass is 2010 g/mol. The molecule has 4 saturated heterocycles. The van der Waals surface area contributed by atoms with Crippen molar-refractivity contribution in [1.29, 1.82) is 0 Å². The van der Waals surface area contributed by atoms with Crippen molar-refractivity contribution in [2.24, 2.45) is 32.0 Å². The van der Waals surface area contributed by atoms with Crippen molar-refractivity contribution in [3.63, 3.8) is 0 Å². The number of ketones is 2. The molecule has 1 aromatic heterocycles. The summed E-state index contributed by atoms with van der Waals surface area (Å²) in [6, 6.07) is 84.7. The van der Waals surface area contributed by atoms with E-state index in [0.717, 1.165) is 218 Å². The lowest BCUT2D eigenvalue weighted by atomic mass is 9.61. The molecule has 9 aliphatic heterocycles. The zero-order valence-electron chi connectivity index (χ0n) is 85.5. The highest BCUT2D eigenvalue weighted by Crippen LogP contribution is 2.56. The zero-order chi connectivity index (χ0) is 102. The van der Waals surface area contributed by atoms with Gasteiger partial charge in [-0.25, -0.2) is 22.7 Å². The van der Waals surface area contributed by atoms with Crippen LogP contribution in [0.15, 0.2) is 349 Å². The van der Waals surface area contributed by atoms with Crippen LogP contribution in [0.3, 0.4) is 0 Å². The van der Waals surface area contributed by atoms with Gasteiger partial charge in [-0.1, -0.05) is 232 Å². The molecule has 7 aliphatic carbocycles. The topological polar surface area (TPSA) is 228 Å². The molecule has 15 unspecified atom stereocenters. The Balaban J connectivity index is 0.000000103. The maximum Gasteiger partial charge on any atom is 0.267 e. The van der Waals surface area contributed by atoms with Crippen LogP contribution in [0.4, 0.5) is 17.6 Å². The van der Waals surface area contributed by atoms with Crippen LogP contribution >= 0.6 is 0 Å². The molecule has 10 heterocycles. The molecule has 6 fully saturated rings.